The molecule has 172 valence electrons. The van der Waals surface area contributed by atoms with Crippen molar-refractivity contribution in [2.45, 2.75) is 37.8 Å². The summed E-state index contributed by atoms with van der Waals surface area (Å²) in [6.45, 7) is 4.35. The third-order valence-corrected chi connectivity index (χ3v) is 7.47. The molecule has 0 unspecified atom stereocenters. The van der Waals surface area contributed by atoms with Crippen molar-refractivity contribution in [3.63, 3.8) is 0 Å². The molecule has 2 N–H and O–H groups in total. The van der Waals surface area contributed by atoms with Crippen LogP contribution in [0.25, 0.3) is 0 Å². The Balaban J connectivity index is 1.47. The molecule has 1 fully saturated rings. The number of benzene rings is 3. The highest BCUT2D eigenvalue weighted by Gasteiger charge is 2.20. The predicted molar refractivity (Wildman–Crippen MR) is 131 cm³/mol. The molecule has 0 saturated carbocycles. The molecule has 3 aromatic carbocycles. The lowest BCUT2D eigenvalue weighted by Crippen LogP contribution is -2.27. The SMILES string of the molecule is Cc1ccc(C(=O)NCc2ccccc2N2CCCC2)cc1S(=O)(=O)NCc1ccccc1. The molecule has 1 aliphatic rings. The molecule has 1 heterocycles. The Kier molecular flexibility index (Phi) is 7.11. The zero-order valence-corrected chi connectivity index (χ0v) is 19.6. The Labute approximate surface area is 195 Å². The van der Waals surface area contributed by atoms with Gasteiger partial charge < -0.3 is 10.2 Å². The first-order valence-corrected chi connectivity index (χ1v) is 12.7. The van der Waals surface area contributed by atoms with Crippen molar-refractivity contribution in [2.75, 3.05) is 18.0 Å². The molecule has 1 aliphatic heterocycles. The number of nitrogens with one attached hydrogen (secondary N) is 2. The second kappa shape index (κ2) is 10.2. The molecule has 1 amide bonds. The van der Waals surface area contributed by atoms with Crippen LogP contribution in [0.5, 0.6) is 0 Å². The maximum absolute atomic E-state index is 12.9. The van der Waals surface area contributed by atoms with Gasteiger partial charge in [-0.1, -0.05) is 54.6 Å². The number of amides is 1. The van der Waals surface area contributed by atoms with E-state index in [2.05, 4.69) is 21.0 Å². The van der Waals surface area contributed by atoms with Gasteiger partial charge in [0, 0.05) is 37.4 Å². The Morgan fingerprint density at radius 3 is 2.36 bits per heavy atom. The zero-order valence-electron chi connectivity index (χ0n) is 18.8. The molecule has 0 spiro atoms. The van der Waals surface area contributed by atoms with Crippen molar-refractivity contribution in [3.8, 4) is 0 Å². The molecule has 0 radical (unpaired) electrons. The molecule has 6 nitrogen and oxygen atoms in total. The smallest absolute Gasteiger partial charge is 0.251 e. The number of nitrogens with zero attached hydrogens (tertiary/aromatic N) is 1. The van der Waals surface area contributed by atoms with E-state index in [9.17, 15) is 13.2 Å². The summed E-state index contributed by atoms with van der Waals surface area (Å²) in [5.41, 5.74) is 3.97. The highest BCUT2D eigenvalue weighted by atomic mass is 32.2. The van der Waals surface area contributed by atoms with Gasteiger partial charge in [0.2, 0.25) is 10.0 Å². The van der Waals surface area contributed by atoms with Gasteiger partial charge in [-0.2, -0.15) is 0 Å². The summed E-state index contributed by atoms with van der Waals surface area (Å²) >= 11 is 0. The highest BCUT2D eigenvalue weighted by molar-refractivity contribution is 7.89. The summed E-state index contributed by atoms with van der Waals surface area (Å²) < 4.78 is 28.5. The van der Waals surface area contributed by atoms with Crippen molar-refractivity contribution in [2.24, 2.45) is 0 Å². The number of carbonyl (C=O) groups excluding carboxylic acids is 1. The molecule has 3 aromatic rings. The first kappa shape index (κ1) is 23.0. The topological polar surface area (TPSA) is 78.5 Å². The van der Waals surface area contributed by atoms with Crippen LogP contribution in [0.15, 0.2) is 77.7 Å². The number of para-hydroxylation sites is 1. The molecule has 7 heteroatoms. The fraction of sp³-hybridized carbons (Fsp3) is 0.269. The van der Waals surface area contributed by atoms with Gasteiger partial charge in [-0.25, -0.2) is 13.1 Å². The van der Waals surface area contributed by atoms with Gasteiger partial charge in [-0.05, 0) is 54.7 Å². The summed E-state index contributed by atoms with van der Waals surface area (Å²) in [7, 11) is -3.77. The van der Waals surface area contributed by atoms with Crippen LogP contribution in [0.2, 0.25) is 0 Å². The van der Waals surface area contributed by atoms with E-state index in [0.717, 1.165) is 29.9 Å². The van der Waals surface area contributed by atoms with E-state index in [4.69, 9.17) is 0 Å². The fourth-order valence-electron chi connectivity index (χ4n) is 4.09. The number of aryl methyl sites for hydroxylation is 1. The maximum atomic E-state index is 12.9. The molecular weight excluding hydrogens is 434 g/mol. The second-order valence-electron chi connectivity index (χ2n) is 8.30. The number of hydrogen-bond acceptors (Lipinski definition) is 4. The van der Waals surface area contributed by atoms with Gasteiger partial charge in [0.25, 0.3) is 5.91 Å². The quantitative estimate of drug-likeness (QED) is 0.529. The van der Waals surface area contributed by atoms with Crippen molar-refractivity contribution in [1.82, 2.24) is 10.0 Å². The van der Waals surface area contributed by atoms with E-state index in [1.807, 2.05) is 48.5 Å². The summed E-state index contributed by atoms with van der Waals surface area (Å²) in [5, 5.41) is 2.95. The zero-order chi connectivity index (χ0) is 23.3. The average Bonchev–Trinajstić information content (AvgIpc) is 3.37. The van der Waals surface area contributed by atoms with Crippen molar-refractivity contribution < 1.29 is 13.2 Å². The van der Waals surface area contributed by atoms with Crippen LogP contribution in [0.3, 0.4) is 0 Å². The molecule has 1 saturated heterocycles. The Hall–Kier alpha value is -3.16. The lowest BCUT2D eigenvalue weighted by atomic mass is 10.1. The normalized spacial score (nSPS) is 13.8. The van der Waals surface area contributed by atoms with Crippen LogP contribution < -0.4 is 14.9 Å². The van der Waals surface area contributed by atoms with Gasteiger partial charge >= 0.3 is 0 Å². The average molecular weight is 464 g/mol. The number of anilines is 1. The molecular formula is C26H29N3O3S. The predicted octanol–water partition coefficient (Wildman–Crippen LogP) is 4.00. The first-order chi connectivity index (χ1) is 15.9. The van der Waals surface area contributed by atoms with Crippen molar-refractivity contribution >= 4 is 21.6 Å². The lowest BCUT2D eigenvalue weighted by Gasteiger charge is -2.21. The van der Waals surface area contributed by atoms with Crippen LogP contribution >= 0.6 is 0 Å². The summed E-state index contributed by atoms with van der Waals surface area (Å²) in [5.74, 6) is -0.300. The van der Waals surface area contributed by atoms with Gasteiger partial charge in [0.05, 0.1) is 4.90 Å². The minimum absolute atomic E-state index is 0.114. The molecule has 33 heavy (non-hydrogen) atoms. The minimum Gasteiger partial charge on any atom is -0.371 e. The first-order valence-electron chi connectivity index (χ1n) is 11.2. The van der Waals surface area contributed by atoms with Crippen molar-refractivity contribution in [3.05, 3.63) is 95.1 Å². The van der Waals surface area contributed by atoms with E-state index in [1.165, 1.54) is 18.9 Å². The highest BCUT2D eigenvalue weighted by Crippen LogP contribution is 2.24. The van der Waals surface area contributed by atoms with Crippen LogP contribution in [0, 0.1) is 6.92 Å². The summed E-state index contributed by atoms with van der Waals surface area (Å²) in [4.78, 5) is 15.3. The van der Waals surface area contributed by atoms with E-state index >= 15 is 0 Å². The Bertz CT molecular complexity index is 1220. The van der Waals surface area contributed by atoms with Gasteiger partial charge in [0.1, 0.15) is 0 Å². The van der Waals surface area contributed by atoms with Gasteiger partial charge in [-0.15, -0.1) is 0 Å². The molecule has 4 rings (SSSR count). The van der Waals surface area contributed by atoms with Crippen LogP contribution in [0.4, 0.5) is 5.69 Å². The number of sulfonamides is 1. The second-order valence-corrected chi connectivity index (χ2v) is 10.0. The van der Waals surface area contributed by atoms with Crippen molar-refractivity contribution in [1.29, 1.82) is 0 Å². The van der Waals surface area contributed by atoms with Gasteiger partial charge in [0.15, 0.2) is 0 Å². The van der Waals surface area contributed by atoms with E-state index in [0.29, 0.717) is 17.7 Å². The molecule has 0 aliphatic carbocycles. The van der Waals surface area contributed by atoms with E-state index < -0.39 is 10.0 Å². The largest absolute Gasteiger partial charge is 0.371 e. The Morgan fingerprint density at radius 2 is 1.61 bits per heavy atom. The number of rotatable bonds is 8. The molecule has 0 aromatic heterocycles. The third kappa shape index (κ3) is 5.61. The van der Waals surface area contributed by atoms with Crippen LogP contribution in [0.1, 0.15) is 39.9 Å². The summed E-state index contributed by atoms with van der Waals surface area (Å²) in [6.07, 6.45) is 2.36. The summed E-state index contributed by atoms with van der Waals surface area (Å²) in [6, 6.07) is 22.2. The van der Waals surface area contributed by atoms with Crippen LogP contribution in [-0.2, 0) is 23.1 Å². The van der Waals surface area contributed by atoms with Crippen LogP contribution in [-0.4, -0.2) is 27.4 Å². The third-order valence-electron chi connectivity index (χ3n) is 5.93. The fourth-order valence-corrected chi connectivity index (χ4v) is 5.37. The van der Waals surface area contributed by atoms with E-state index in [1.54, 1.807) is 19.1 Å². The number of carbonyl (C=O) groups is 1. The standard InChI is InChI=1S/C26H29N3O3S/c1-20-13-14-22(17-25(20)33(31,32)28-18-21-9-3-2-4-10-21)26(30)27-19-23-11-5-6-12-24(23)29-15-7-8-16-29/h2-6,9-14,17,28H,7-8,15-16,18-19H2,1H3,(H,27,30). The number of hydrogen-bond donors (Lipinski definition) is 2. The van der Waals surface area contributed by atoms with E-state index in [-0.39, 0.29) is 17.3 Å². The minimum atomic E-state index is -3.77. The lowest BCUT2D eigenvalue weighted by molar-refractivity contribution is 0.0950. The molecule has 0 bridgehead atoms. The van der Waals surface area contributed by atoms with Gasteiger partial charge in [-0.3, -0.25) is 4.79 Å². The Morgan fingerprint density at radius 1 is 0.909 bits per heavy atom. The monoisotopic (exact) mass is 463 g/mol. The molecule has 0 atom stereocenters. The maximum Gasteiger partial charge on any atom is 0.251 e.